The highest BCUT2D eigenvalue weighted by molar-refractivity contribution is 6.32. The lowest BCUT2D eigenvalue weighted by molar-refractivity contribution is -0.384. The summed E-state index contributed by atoms with van der Waals surface area (Å²) >= 11 is 5.75. The third kappa shape index (κ3) is 3.85. The van der Waals surface area contributed by atoms with E-state index in [0.717, 1.165) is 6.42 Å². The van der Waals surface area contributed by atoms with Crippen LogP contribution in [0, 0.1) is 22.0 Å². The highest BCUT2D eigenvalue weighted by Crippen LogP contribution is 2.28. The Bertz CT molecular complexity index is 554. The van der Waals surface area contributed by atoms with Gasteiger partial charge in [0.1, 0.15) is 5.02 Å². The molecule has 0 unspecified atom stereocenters. The van der Waals surface area contributed by atoms with Gasteiger partial charge in [-0.1, -0.05) is 25.4 Å². The molecule has 0 aliphatic carbocycles. The molecule has 21 heavy (non-hydrogen) atoms. The maximum absolute atomic E-state index is 12.2. The monoisotopic (exact) mass is 311 g/mol. The van der Waals surface area contributed by atoms with Crippen LogP contribution in [-0.2, 0) is 0 Å². The maximum Gasteiger partial charge on any atom is 0.321 e. The molecule has 7 heteroatoms. The highest BCUT2D eigenvalue weighted by atomic mass is 35.5. The van der Waals surface area contributed by atoms with Crippen LogP contribution in [0.3, 0.4) is 0 Å². The molecule has 1 aliphatic rings. The molecule has 1 aromatic carbocycles. The molecular formula is C14H18ClN3O3. The number of nitro groups is 1. The number of nitro benzene ring substituents is 1. The first-order chi connectivity index (χ1) is 9.86. The number of nitrogens with zero attached hydrogens (tertiary/aromatic N) is 2. The third-order valence-electron chi connectivity index (χ3n) is 3.55. The zero-order valence-electron chi connectivity index (χ0n) is 12.0. The Morgan fingerprint density at radius 3 is 2.57 bits per heavy atom. The van der Waals surface area contributed by atoms with Crippen molar-refractivity contribution in [2.75, 3.05) is 18.4 Å². The summed E-state index contributed by atoms with van der Waals surface area (Å²) in [4.78, 5) is 24.3. The number of carbonyl (C=O) groups excluding carboxylic acids is 1. The summed E-state index contributed by atoms with van der Waals surface area (Å²) in [6.45, 7) is 5.63. The number of nitrogens with one attached hydrogen (secondary N) is 1. The van der Waals surface area contributed by atoms with Gasteiger partial charge in [-0.25, -0.2) is 4.79 Å². The van der Waals surface area contributed by atoms with Crippen molar-refractivity contribution in [2.45, 2.75) is 20.3 Å². The van der Waals surface area contributed by atoms with E-state index in [2.05, 4.69) is 19.2 Å². The fourth-order valence-electron chi connectivity index (χ4n) is 2.76. The molecule has 2 amide bonds. The number of urea groups is 1. The van der Waals surface area contributed by atoms with Crippen LogP contribution in [0.5, 0.6) is 0 Å². The van der Waals surface area contributed by atoms with Gasteiger partial charge in [0.2, 0.25) is 0 Å². The Hall–Kier alpha value is -1.82. The molecule has 6 nitrogen and oxygen atoms in total. The van der Waals surface area contributed by atoms with E-state index in [1.807, 2.05) is 0 Å². The number of hydrogen-bond donors (Lipinski definition) is 1. The van der Waals surface area contributed by atoms with Crippen molar-refractivity contribution in [3.8, 4) is 0 Å². The van der Waals surface area contributed by atoms with Crippen molar-refractivity contribution in [1.29, 1.82) is 0 Å². The van der Waals surface area contributed by atoms with Crippen molar-refractivity contribution in [3.05, 3.63) is 33.3 Å². The van der Waals surface area contributed by atoms with E-state index in [1.165, 1.54) is 12.1 Å². The maximum atomic E-state index is 12.2. The molecular weight excluding hydrogens is 294 g/mol. The number of benzene rings is 1. The zero-order chi connectivity index (χ0) is 15.6. The number of hydrogen-bond acceptors (Lipinski definition) is 3. The van der Waals surface area contributed by atoms with Crippen molar-refractivity contribution in [2.24, 2.45) is 11.8 Å². The quantitative estimate of drug-likeness (QED) is 0.667. The summed E-state index contributed by atoms with van der Waals surface area (Å²) in [5.41, 5.74) is 0.164. The molecule has 114 valence electrons. The van der Waals surface area contributed by atoms with Crippen LogP contribution in [0.2, 0.25) is 5.02 Å². The first kappa shape index (κ1) is 15.6. The molecule has 1 heterocycles. The molecule has 2 rings (SSSR count). The van der Waals surface area contributed by atoms with Gasteiger partial charge < -0.3 is 10.2 Å². The lowest BCUT2D eigenvalue weighted by Crippen LogP contribution is -2.44. The number of rotatable bonds is 2. The second kappa shape index (κ2) is 6.30. The van der Waals surface area contributed by atoms with E-state index in [-0.39, 0.29) is 16.7 Å². The first-order valence-corrected chi connectivity index (χ1v) is 7.24. The molecule has 0 bridgehead atoms. The fourth-order valence-corrected chi connectivity index (χ4v) is 2.95. The standard InChI is InChI=1S/C14H18ClN3O3/c1-9-5-10(2)8-17(7-9)14(19)16-11-3-4-12(15)13(6-11)18(20)21/h3-4,6,9-10H,5,7-8H2,1-2H3,(H,16,19)/t9-,10+. The number of anilines is 1. The largest absolute Gasteiger partial charge is 0.324 e. The normalized spacial score (nSPS) is 22.0. The molecule has 0 aromatic heterocycles. The topological polar surface area (TPSA) is 75.5 Å². The molecule has 1 saturated heterocycles. The van der Waals surface area contributed by atoms with Crippen LogP contribution in [0.25, 0.3) is 0 Å². The minimum atomic E-state index is -0.566. The van der Waals surface area contributed by atoms with Gasteiger partial charge in [-0.15, -0.1) is 0 Å². The van der Waals surface area contributed by atoms with Crippen LogP contribution in [0.1, 0.15) is 20.3 Å². The summed E-state index contributed by atoms with van der Waals surface area (Å²) in [5.74, 6) is 0.915. The van der Waals surface area contributed by atoms with Gasteiger partial charge in [0.15, 0.2) is 0 Å². The fraction of sp³-hybridized carbons (Fsp3) is 0.500. The lowest BCUT2D eigenvalue weighted by atomic mass is 9.92. The summed E-state index contributed by atoms with van der Waals surface area (Å²) in [7, 11) is 0. The average Bonchev–Trinajstić information content (AvgIpc) is 2.39. The second-order valence-electron chi connectivity index (χ2n) is 5.70. The highest BCUT2D eigenvalue weighted by Gasteiger charge is 2.25. The molecule has 1 aliphatic heterocycles. The number of likely N-dealkylation sites (tertiary alicyclic amines) is 1. The van der Waals surface area contributed by atoms with Crippen molar-refractivity contribution >= 4 is 29.0 Å². The zero-order valence-corrected chi connectivity index (χ0v) is 12.8. The Balaban J connectivity index is 2.09. The van der Waals surface area contributed by atoms with E-state index in [0.29, 0.717) is 30.6 Å². The van der Waals surface area contributed by atoms with Gasteiger partial charge >= 0.3 is 6.03 Å². The summed E-state index contributed by atoms with van der Waals surface area (Å²) in [5, 5.41) is 13.6. The Morgan fingerprint density at radius 2 is 2.00 bits per heavy atom. The van der Waals surface area contributed by atoms with Gasteiger partial charge in [-0.2, -0.15) is 0 Å². The number of carbonyl (C=O) groups is 1. The number of piperidine rings is 1. The van der Waals surface area contributed by atoms with Crippen LogP contribution < -0.4 is 5.32 Å². The molecule has 0 saturated carbocycles. The summed E-state index contributed by atoms with van der Waals surface area (Å²) in [6, 6.07) is 4.02. The van der Waals surface area contributed by atoms with E-state index >= 15 is 0 Å². The molecule has 1 N–H and O–H groups in total. The second-order valence-corrected chi connectivity index (χ2v) is 6.11. The SMILES string of the molecule is C[C@@H]1C[C@H](C)CN(C(=O)Nc2ccc(Cl)c([N+](=O)[O-])c2)C1. The van der Waals surface area contributed by atoms with Crippen molar-refractivity contribution in [3.63, 3.8) is 0 Å². The van der Waals surface area contributed by atoms with E-state index < -0.39 is 4.92 Å². The first-order valence-electron chi connectivity index (χ1n) is 6.86. The molecule has 1 aromatic rings. The van der Waals surface area contributed by atoms with E-state index in [1.54, 1.807) is 11.0 Å². The van der Waals surface area contributed by atoms with Crippen molar-refractivity contribution < 1.29 is 9.72 Å². The van der Waals surface area contributed by atoms with Gasteiger partial charge in [0.25, 0.3) is 5.69 Å². The van der Waals surface area contributed by atoms with Crippen molar-refractivity contribution in [1.82, 2.24) is 4.90 Å². The number of amides is 2. The minimum absolute atomic E-state index is 0.0539. The number of halogens is 1. The van der Waals surface area contributed by atoms with Crippen LogP contribution in [0.4, 0.5) is 16.2 Å². The van der Waals surface area contributed by atoms with E-state index in [4.69, 9.17) is 11.6 Å². The van der Waals surface area contributed by atoms with Crippen LogP contribution >= 0.6 is 11.6 Å². The van der Waals surface area contributed by atoms with Gasteiger partial charge in [-0.3, -0.25) is 10.1 Å². The smallest absolute Gasteiger partial charge is 0.321 e. The predicted octanol–water partition coefficient (Wildman–Crippen LogP) is 3.76. The Labute approximate surface area is 128 Å². The minimum Gasteiger partial charge on any atom is -0.324 e. The third-order valence-corrected chi connectivity index (χ3v) is 3.87. The van der Waals surface area contributed by atoms with E-state index in [9.17, 15) is 14.9 Å². The van der Waals surface area contributed by atoms with Gasteiger partial charge in [-0.05, 0) is 30.4 Å². The van der Waals surface area contributed by atoms with Crippen LogP contribution in [0.15, 0.2) is 18.2 Å². The molecule has 1 fully saturated rings. The molecule has 2 atom stereocenters. The Morgan fingerprint density at radius 1 is 1.38 bits per heavy atom. The summed E-state index contributed by atoms with van der Waals surface area (Å²) in [6.07, 6.45) is 1.11. The lowest BCUT2D eigenvalue weighted by Gasteiger charge is -2.34. The van der Waals surface area contributed by atoms with Gasteiger partial charge in [0, 0.05) is 24.8 Å². The summed E-state index contributed by atoms with van der Waals surface area (Å²) < 4.78 is 0. The van der Waals surface area contributed by atoms with Gasteiger partial charge in [0.05, 0.1) is 4.92 Å². The predicted molar refractivity (Wildman–Crippen MR) is 81.6 cm³/mol. The van der Waals surface area contributed by atoms with Crippen LogP contribution in [-0.4, -0.2) is 28.9 Å². The molecule has 0 radical (unpaired) electrons. The molecule has 0 spiro atoms. The Kier molecular flexibility index (Phi) is 4.67. The average molecular weight is 312 g/mol.